The number of carbonyl (C=O) groups is 1. The van der Waals surface area contributed by atoms with Crippen LogP contribution in [0, 0.1) is 11.7 Å². The van der Waals surface area contributed by atoms with Crippen molar-refractivity contribution in [3.63, 3.8) is 0 Å². The van der Waals surface area contributed by atoms with E-state index in [9.17, 15) is 9.18 Å². The van der Waals surface area contributed by atoms with Crippen LogP contribution in [-0.2, 0) is 10.2 Å². The molecule has 3 nitrogen and oxygen atoms in total. The van der Waals surface area contributed by atoms with Crippen molar-refractivity contribution in [2.45, 2.75) is 25.7 Å². The topological polar surface area (TPSA) is 48.0 Å². The number of hydrogen-bond acceptors (Lipinski definition) is 1. The average molecular weight is 265 g/mol. The molecule has 1 aromatic carbocycles. The molecule has 2 atom stereocenters. The second-order valence-corrected chi connectivity index (χ2v) is 5.15. The molecule has 0 bridgehead atoms. The Hall–Kier alpha value is -1.42. The van der Waals surface area contributed by atoms with Gasteiger partial charge >= 0.3 is 0 Å². The maximum atomic E-state index is 13.1. The summed E-state index contributed by atoms with van der Waals surface area (Å²) < 4.78 is 13.1. The smallest absolute Gasteiger partial charge is 0.233 e. The molecule has 0 aromatic heterocycles. The van der Waals surface area contributed by atoms with Gasteiger partial charge in [-0.2, -0.15) is 0 Å². The minimum Gasteiger partial charge on any atom is -0.357 e. The zero-order valence-corrected chi connectivity index (χ0v) is 11.7. The fourth-order valence-electron chi connectivity index (χ4n) is 2.96. The standard InChI is InChI=1S/C15H21FN2O/c1-3-18(4-2)14(19)15(9-12(15)10-17)11-5-7-13(16)8-6-11/h5-8,12H,3-4,9-10,17H2,1-2H3/p+1/t12-,15+/m0/s1. The predicted octanol–water partition coefficient (Wildman–Crippen LogP) is 1.19. The van der Waals surface area contributed by atoms with Gasteiger partial charge in [0.25, 0.3) is 0 Å². The van der Waals surface area contributed by atoms with Crippen molar-refractivity contribution in [2.24, 2.45) is 5.92 Å². The van der Waals surface area contributed by atoms with Gasteiger partial charge in [0.15, 0.2) is 0 Å². The molecule has 1 fully saturated rings. The summed E-state index contributed by atoms with van der Waals surface area (Å²) in [7, 11) is 0. The van der Waals surface area contributed by atoms with Gasteiger partial charge in [0, 0.05) is 19.0 Å². The number of quaternary nitrogens is 1. The van der Waals surface area contributed by atoms with Crippen LogP contribution in [0.5, 0.6) is 0 Å². The molecule has 1 aromatic rings. The number of amides is 1. The average Bonchev–Trinajstić information content (AvgIpc) is 3.16. The highest BCUT2D eigenvalue weighted by molar-refractivity contribution is 5.92. The fourth-order valence-corrected chi connectivity index (χ4v) is 2.96. The lowest BCUT2D eigenvalue weighted by Crippen LogP contribution is -2.53. The number of hydrogen-bond donors (Lipinski definition) is 1. The molecule has 19 heavy (non-hydrogen) atoms. The van der Waals surface area contributed by atoms with E-state index in [-0.39, 0.29) is 17.6 Å². The summed E-state index contributed by atoms with van der Waals surface area (Å²) in [5.41, 5.74) is 4.41. The molecule has 1 aliphatic carbocycles. The van der Waals surface area contributed by atoms with Crippen LogP contribution in [0.2, 0.25) is 0 Å². The minimum absolute atomic E-state index is 0.165. The Labute approximate surface area is 113 Å². The molecular weight excluding hydrogens is 243 g/mol. The molecule has 1 amide bonds. The van der Waals surface area contributed by atoms with Crippen LogP contribution in [0.25, 0.3) is 0 Å². The van der Waals surface area contributed by atoms with Gasteiger partial charge < -0.3 is 10.6 Å². The summed E-state index contributed by atoms with van der Waals surface area (Å²) in [5, 5.41) is 0. The minimum atomic E-state index is -0.457. The van der Waals surface area contributed by atoms with Crippen molar-refractivity contribution in [2.75, 3.05) is 19.6 Å². The Morgan fingerprint density at radius 1 is 1.37 bits per heavy atom. The van der Waals surface area contributed by atoms with Crippen molar-refractivity contribution in [3.05, 3.63) is 35.6 Å². The Morgan fingerprint density at radius 2 is 1.95 bits per heavy atom. The second-order valence-electron chi connectivity index (χ2n) is 5.15. The number of likely N-dealkylation sites (N-methyl/N-ethyl adjacent to an activating group) is 1. The van der Waals surface area contributed by atoms with Crippen LogP contribution in [0.1, 0.15) is 25.8 Å². The zero-order chi connectivity index (χ0) is 14.0. The number of carbonyl (C=O) groups excluding carboxylic acids is 1. The van der Waals surface area contributed by atoms with Crippen LogP contribution in [0.15, 0.2) is 24.3 Å². The molecule has 0 aliphatic heterocycles. The van der Waals surface area contributed by atoms with Crippen molar-refractivity contribution in [1.82, 2.24) is 4.90 Å². The van der Waals surface area contributed by atoms with Gasteiger partial charge in [-0.15, -0.1) is 0 Å². The maximum absolute atomic E-state index is 13.1. The lowest BCUT2D eigenvalue weighted by atomic mass is 9.91. The molecular formula is C15H22FN2O+. The summed E-state index contributed by atoms with van der Waals surface area (Å²) >= 11 is 0. The summed E-state index contributed by atoms with van der Waals surface area (Å²) in [4.78, 5) is 14.6. The van der Waals surface area contributed by atoms with E-state index in [1.165, 1.54) is 12.1 Å². The Bertz CT molecular complexity index is 456. The van der Waals surface area contributed by atoms with Crippen molar-refractivity contribution in [1.29, 1.82) is 0 Å². The fraction of sp³-hybridized carbons (Fsp3) is 0.533. The van der Waals surface area contributed by atoms with Gasteiger partial charge in [0.05, 0.1) is 12.0 Å². The predicted molar refractivity (Wildman–Crippen MR) is 71.9 cm³/mol. The number of nitrogens with zero attached hydrogens (tertiary/aromatic N) is 1. The number of rotatable bonds is 5. The number of halogens is 1. The highest BCUT2D eigenvalue weighted by Gasteiger charge is 2.62. The van der Waals surface area contributed by atoms with Gasteiger partial charge in [-0.05, 0) is 38.0 Å². The quantitative estimate of drug-likeness (QED) is 0.854. The summed E-state index contributed by atoms with van der Waals surface area (Å²) in [6.07, 6.45) is 0.831. The van der Waals surface area contributed by atoms with E-state index in [1.807, 2.05) is 18.7 Å². The molecule has 1 aliphatic rings. The first-order valence-electron chi connectivity index (χ1n) is 6.94. The van der Waals surface area contributed by atoms with Crippen LogP contribution in [0.4, 0.5) is 4.39 Å². The zero-order valence-electron chi connectivity index (χ0n) is 11.7. The van der Waals surface area contributed by atoms with E-state index in [4.69, 9.17) is 0 Å². The molecule has 4 heteroatoms. The lowest BCUT2D eigenvalue weighted by molar-refractivity contribution is -0.373. The van der Waals surface area contributed by atoms with E-state index in [1.54, 1.807) is 12.1 Å². The lowest BCUT2D eigenvalue weighted by Gasteiger charge is -2.26. The highest BCUT2D eigenvalue weighted by atomic mass is 19.1. The van der Waals surface area contributed by atoms with Gasteiger partial charge in [-0.25, -0.2) is 4.39 Å². The van der Waals surface area contributed by atoms with Crippen molar-refractivity contribution >= 4 is 5.91 Å². The number of benzene rings is 1. The summed E-state index contributed by atoms with van der Waals surface area (Å²) in [6.45, 7) is 6.14. The Kier molecular flexibility index (Phi) is 3.90. The SMILES string of the molecule is CCN(CC)C(=O)[C@@]1(c2ccc(F)cc2)C[C@H]1C[NH3+]. The molecule has 0 saturated heterocycles. The van der Waals surface area contributed by atoms with Gasteiger partial charge in [0.2, 0.25) is 5.91 Å². The van der Waals surface area contributed by atoms with E-state index < -0.39 is 5.41 Å². The van der Waals surface area contributed by atoms with Gasteiger partial charge in [-0.3, -0.25) is 4.79 Å². The Morgan fingerprint density at radius 3 is 2.37 bits per heavy atom. The summed E-state index contributed by atoms with van der Waals surface area (Å²) in [6, 6.07) is 6.36. The van der Waals surface area contributed by atoms with E-state index in [2.05, 4.69) is 5.73 Å². The van der Waals surface area contributed by atoms with E-state index in [0.717, 1.165) is 18.5 Å². The first-order chi connectivity index (χ1) is 9.09. The van der Waals surface area contributed by atoms with Crippen LogP contribution >= 0.6 is 0 Å². The van der Waals surface area contributed by atoms with Gasteiger partial charge in [0.1, 0.15) is 5.82 Å². The molecule has 2 rings (SSSR count). The summed E-state index contributed by atoms with van der Waals surface area (Å²) in [5.74, 6) is 0.185. The third-order valence-corrected chi connectivity index (χ3v) is 4.25. The van der Waals surface area contributed by atoms with Crippen molar-refractivity contribution in [3.8, 4) is 0 Å². The van der Waals surface area contributed by atoms with E-state index in [0.29, 0.717) is 13.1 Å². The Balaban J connectivity index is 2.34. The first kappa shape index (κ1) is 14.0. The first-order valence-corrected chi connectivity index (χ1v) is 6.94. The molecule has 104 valence electrons. The molecule has 0 unspecified atom stereocenters. The molecule has 1 saturated carbocycles. The van der Waals surface area contributed by atoms with Crippen molar-refractivity contribution < 1.29 is 14.9 Å². The third-order valence-electron chi connectivity index (χ3n) is 4.25. The monoisotopic (exact) mass is 265 g/mol. The molecule has 0 radical (unpaired) electrons. The molecule has 0 spiro atoms. The molecule has 3 N–H and O–H groups in total. The van der Waals surface area contributed by atoms with Crippen LogP contribution < -0.4 is 5.73 Å². The second kappa shape index (κ2) is 5.29. The largest absolute Gasteiger partial charge is 0.357 e. The highest BCUT2D eigenvalue weighted by Crippen LogP contribution is 2.54. The molecule has 0 heterocycles. The van der Waals surface area contributed by atoms with E-state index >= 15 is 0 Å². The maximum Gasteiger partial charge on any atom is 0.233 e. The van der Waals surface area contributed by atoms with Crippen LogP contribution in [-0.4, -0.2) is 30.4 Å². The normalized spacial score (nSPS) is 25.2. The van der Waals surface area contributed by atoms with Crippen LogP contribution in [0.3, 0.4) is 0 Å². The third kappa shape index (κ3) is 2.25. The van der Waals surface area contributed by atoms with Gasteiger partial charge in [-0.1, -0.05) is 12.1 Å².